The van der Waals surface area contributed by atoms with Gasteiger partial charge in [-0.2, -0.15) is 5.10 Å². The molecule has 0 fully saturated rings. The second-order valence-electron chi connectivity index (χ2n) is 8.54. The van der Waals surface area contributed by atoms with Gasteiger partial charge < -0.3 is 5.32 Å². The van der Waals surface area contributed by atoms with Gasteiger partial charge in [0, 0.05) is 6.07 Å². The average Bonchev–Trinajstić information content (AvgIpc) is 3.16. The maximum Gasteiger partial charge on any atom is 0.269 e. The Labute approximate surface area is 180 Å². The molecule has 4 rings (SSSR count). The first-order valence-electron chi connectivity index (χ1n) is 10.2. The van der Waals surface area contributed by atoms with Gasteiger partial charge in [-0.25, -0.2) is 9.67 Å². The Morgan fingerprint density at radius 2 is 1.77 bits per heavy atom. The molecule has 4 aromatic rings. The number of rotatable bonds is 5. The standard InChI is InChI=1S/C24H25N5O2/c1-24(2,3)18-10-8-17(9-11-18)15-29-21(12-13-26-29)27-22(30)16-28-20-7-5-4-6-19(20)25-14-23(28)31/h4-14H,15-16H2,1-3H3,(H,27,30). The maximum absolute atomic E-state index is 12.7. The fourth-order valence-electron chi connectivity index (χ4n) is 3.45. The number of carbonyl (C=O) groups excluding carboxylic acids is 1. The van der Waals surface area contributed by atoms with Crippen molar-refractivity contribution in [3.05, 3.63) is 88.5 Å². The second kappa shape index (κ2) is 8.18. The van der Waals surface area contributed by atoms with Gasteiger partial charge in [0.05, 0.1) is 30.0 Å². The number of aromatic nitrogens is 4. The molecule has 158 valence electrons. The molecule has 0 atom stereocenters. The van der Waals surface area contributed by atoms with E-state index in [1.165, 1.54) is 16.3 Å². The number of fused-ring (bicyclic) bond motifs is 1. The van der Waals surface area contributed by atoms with Gasteiger partial charge in [-0.3, -0.25) is 14.2 Å². The highest BCUT2D eigenvalue weighted by Gasteiger charge is 2.14. The molecular weight excluding hydrogens is 390 g/mol. The lowest BCUT2D eigenvalue weighted by molar-refractivity contribution is -0.116. The maximum atomic E-state index is 12.7. The zero-order valence-corrected chi connectivity index (χ0v) is 17.9. The number of hydrogen-bond acceptors (Lipinski definition) is 4. The van der Waals surface area contributed by atoms with Crippen LogP contribution in [0.2, 0.25) is 0 Å². The summed E-state index contributed by atoms with van der Waals surface area (Å²) in [7, 11) is 0. The smallest absolute Gasteiger partial charge is 0.269 e. The van der Waals surface area contributed by atoms with E-state index in [0.29, 0.717) is 23.4 Å². The van der Waals surface area contributed by atoms with Crippen molar-refractivity contribution < 1.29 is 4.79 Å². The van der Waals surface area contributed by atoms with Crippen LogP contribution in [0, 0.1) is 0 Å². The Hall–Kier alpha value is -3.74. The summed E-state index contributed by atoms with van der Waals surface area (Å²) in [6.07, 6.45) is 2.88. The van der Waals surface area contributed by atoms with E-state index in [4.69, 9.17) is 0 Å². The first kappa shape index (κ1) is 20.5. The monoisotopic (exact) mass is 415 g/mol. The first-order valence-corrected chi connectivity index (χ1v) is 10.2. The van der Waals surface area contributed by atoms with Crippen molar-refractivity contribution in [3.63, 3.8) is 0 Å². The van der Waals surface area contributed by atoms with Crippen LogP contribution < -0.4 is 10.9 Å². The molecule has 0 spiro atoms. The molecule has 31 heavy (non-hydrogen) atoms. The van der Waals surface area contributed by atoms with Crippen LogP contribution in [0.3, 0.4) is 0 Å². The minimum Gasteiger partial charge on any atom is -0.309 e. The number of hydrogen-bond donors (Lipinski definition) is 1. The van der Waals surface area contributed by atoms with Gasteiger partial charge in [0.2, 0.25) is 5.91 Å². The zero-order valence-electron chi connectivity index (χ0n) is 17.9. The van der Waals surface area contributed by atoms with E-state index in [1.54, 1.807) is 23.0 Å². The molecule has 0 saturated carbocycles. The largest absolute Gasteiger partial charge is 0.309 e. The molecule has 7 nitrogen and oxygen atoms in total. The lowest BCUT2D eigenvalue weighted by Gasteiger charge is -2.19. The van der Waals surface area contributed by atoms with E-state index in [1.807, 2.05) is 18.2 Å². The predicted molar refractivity (Wildman–Crippen MR) is 121 cm³/mol. The minimum atomic E-state index is -0.318. The van der Waals surface area contributed by atoms with E-state index in [2.05, 4.69) is 60.4 Å². The molecule has 0 bridgehead atoms. The highest BCUT2D eigenvalue weighted by atomic mass is 16.2. The van der Waals surface area contributed by atoms with Crippen LogP contribution in [-0.2, 0) is 23.3 Å². The Morgan fingerprint density at radius 3 is 2.52 bits per heavy atom. The first-order chi connectivity index (χ1) is 14.8. The average molecular weight is 415 g/mol. The van der Waals surface area contributed by atoms with Gasteiger partial charge in [-0.05, 0) is 28.7 Å². The molecule has 1 N–H and O–H groups in total. The normalized spacial score (nSPS) is 11.6. The van der Waals surface area contributed by atoms with Gasteiger partial charge in [0.15, 0.2) is 0 Å². The number of nitrogens with zero attached hydrogens (tertiary/aromatic N) is 4. The molecule has 2 heterocycles. The van der Waals surface area contributed by atoms with Crippen LogP contribution in [0.25, 0.3) is 11.0 Å². The lowest BCUT2D eigenvalue weighted by atomic mass is 9.87. The molecule has 0 radical (unpaired) electrons. The van der Waals surface area contributed by atoms with E-state index in [9.17, 15) is 9.59 Å². The van der Waals surface area contributed by atoms with Crippen molar-refractivity contribution in [1.82, 2.24) is 19.3 Å². The van der Waals surface area contributed by atoms with Crippen molar-refractivity contribution in [2.24, 2.45) is 0 Å². The summed E-state index contributed by atoms with van der Waals surface area (Å²) >= 11 is 0. The number of anilines is 1. The summed E-state index contributed by atoms with van der Waals surface area (Å²) < 4.78 is 3.15. The Morgan fingerprint density at radius 1 is 1.03 bits per heavy atom. The van der Waals surface area contributed by atoms with Crippen LogP contribution in [0.5, 0.6) is 0 Å². The van der Waals surface area contributed by atoms with Crippen LogP contribution in [-0.4, -0.2) is 25.2 Å². The molecule has 0 saturated heterocycles. The quantitative estimate of drug-likeness (QED) is 0.540. The molecule has 0 aliphatic rings. The highest BCUT2D eigenvalue weighted by Crippen LogP contribution is 2.22. The van der Waals surface area contributed by atoms with Crippen molar-refractivity contribution in [1.29, 1.82) is 0 Å². The summed E-state index contributed by atoms with van der Waals surface area (Å²) in [6.45, 7) is 6.97. The molecule has 1 amide bonds. The van der Waals surface area contributed by atoms with E-state index in [0.717, 1.165) is 5.56 Å². The van der Waals surface area contributed by atoms with Crippen LogP contribution >= 0.6 is 0 Å². The molecule has 0 aliphatic heterocycles. The minimum absolute atomic E-state index is 0.0958. The molecule has 7 heteroatoms. The van der Waals surface area contributed by atoms with Gasteiger partial charge >= 0.3 is 0 Å². The number of nitrogens with one attached hydrogen (secondary N) is 1. The molecule has 2 aromatic carbocycles. The lowest BCUT2D eigenvalue weighted by Crippen LogP contribution is -2.28. The number of para-hydroxylation sites is 2. The Kier molecular flexibility index (Phi) is 5.42. The Balaban J connectivity index is 1.49. The zero-order chi connectivity index (χ0) is 22.0. The van der Waals surface area contributed by atoms with Crippen LogP contribution in [0.1, 0.15) is 31.9 Å². The fraction of sp³-hybridized carbons (Fsp3) is 0.250. The van der Waals surface area contributed by atoms with Gasteiger partial charge in [-0.15, -0.1) is 0 Å². The number of carbonyl (C=O) groups is 1. The van der Waals surface area contributed by atoms with E-state index in [-0.39, 0.29) is 23.4 Å². The predicted octanol–water partition coefficient (Wildman–Crippen LogP) is 3.58. The van der Waals surface area contributed by atoms with E-state index < -0.39 is 0 Å². The van der Waals surface area contributed by atoms with Gasteiger partial charge in [-0.1, -0.05) is 57.2 Å². The third kappa shape index (κ3) is 4.55. The van der Waals surface area contributed by atoms with Crippen molar-refractivity contribution in [3.8, 4) is 0 Å². The summed E-state index contributed by atoms with van der Waals surface area (Å²) in [5.74, 6) is 0.277. The van der Waals surface area contributed by atoms with Crippen LogP contribution in [0.15, 0.2) is 71.8 Å². The number of benzene rings is 2. The summed E-state index contributed by atoms with van der Waals surface area (Å²) in [5.41, 5.74) is 3.42. The fourth-order valence-corrected chi connectivity index (χ4v) is 3.45. The highest BCUT2D eigenvalue weighted by molar-refractivity contribution is 5.90. The summed E-state index contributed by atoms with van der Waals surface area (Å²) in [6, 6.07) is 17.4. The molecule has 0 unspecified atom stereocenters. The summed E-state index contributed by atoms with van der Waals surface area (Å²) in [4.78, 5) is 29.1. The molecule has 2 aromatic heterocycles. The third-order valence-electron chi connectivity index (χ3n) is 5.19. The topological polar surface area (TPSA) is 81.8 Å². The Bertz CT molecular complexity index is 1280. The van der Waals surface area contributed by atoms with Crippen molar-refractivity contribution in [2.75, 3.05) is 5.32 Å². The summed E-state index contributed by atoms with van der Waals surface area (Å²) in [5, 5.41) is 7.20. The van der Waals surface area contributed by atoms with Gasteiger partial charge in [0.1, 0.15) is 12.4 Å². The molecule has 0 aliphatic carbocycles. The molecular formula is C24H25N5O2. The van der Waals surface area contributed by atoms with E-state index >= 15 is 0 Å². The van der Waals surface area contributed by atoms with Crippen molar-refractivity contribution >= 4 is 22.8 Å². The third-order valence-corrected chi connectivity index (χ3v) is 5.19. The number of amides is 1. The SMILES string of the molecule is CC(C)(C)c1ccc(Cn2nccc2NC(=O)Cn2c(=O)cnc3ccccc32)cc1. The van der Waals surface area contributed by atoms with Crippen LogP contribution in [0.4, 0.5) is 5.82 Å². The van der Waals surface area contributed by atoms with Gasteiger partial charge in [0.25, 0.3) is 5.56 Å². The van der Waals surface area contributed by atoms with Crippen molar-refractivity contribution in [2.45, 2.75) is 39.3 Å². The second-order valence-corrected chi connectivity index (χ2v) is 8.54.